The molecule has 42 heavy (non-hydrogen) atoms. The highest BCUT2D eigenvalue weighted by atomic mass is 19.3. The second-order valence-corrected chi connectivity index (χ2v) is 12.2. The van der Waals surface area contributed by atoms with Crippen LogP contribution in [0.25, 0.3) is 0 Å². The molecule has 0 bridgehead atoms. The molecule has 1 aliphatic carbocycles. The highest BCUT2D eigenvalue weighted by Crippen LogP contribution is 2.44. The molecule has 3 aliphatic rings. The van der Waals surface area contributed by atoms with Gasteiger partial charge in [-0.25, -0.2) is 17.6 Å². The zero-order chi connectivity index (χ0) is 29.3. The fourth-order valence-electron chi connectivity index (χ4n) is 7.25. The zero-order valence-corrected chi connectivity index (χ0v) is 23.9. The van der Waals surface area contributed by atoms with Gasteiger partial charge in [0.25, 0.3) is 6.43 Å². The van der Waals surface area contributed by atoms with Gasteiger partial charge in [-0.1, -0.05) is 36.4 Å². The Labute approximate surface area is 245 Å². The Bertz CT molecular complexity index is 1360. The first-order chi connectivity index (χ1) is 20.3. The third kappa shape index (κ3) is 6.16. The molecular weight excluding hydrogens is 544 g/mol. The Balaban J connectivity index is 1.28. The van der Waals surface area contributed by atoms with E-state index in [-0.39, 0.29) is 28.9 Å². The molecule has 0 radical (unpaired) electrons. The maximum Gasteiger partial charge on any atom is 0.251 e. The van der Waals surface area contributed by atoms with Crippen molar-refractivity contribution in [2.24, 2.45) is 5.41 Å². The van der Waals surface area contributed by atoms with Crippen LogP contribution in [0.4, 0.5) is 17.6 Å². The molecule has 2 aliphatic heterocycles. The number of alkyl halides is 2. The van der Waals surface area contributed by atoms with Gasteiger partial charge in [-0.05, 0) is 86.2 Å². The highest BCUT2D eigenvalue weighted by Gasteiger charge is 2.41. The van der Waals surface area contributed by atoms with Crippen LogP contribution in [0.15, 0.2) is 60.7 Å². The molecule has 2 heterocycles. The van der Waals surface area contributed by atoms with E-state index in [4.69, 9.17) is 9.47 Å². The lowest BCUT2D eigenvalue weighted by Crippen LogP contribution is -2.45. The molecule has 6 rings (SSSR count). The molecule has 4 atom stereocenters. The molecule has 2 fully saturated rings. The summed E-state index contributed by atoms with van der Waals surface area (Å²) in [7, 11) is 0. The number of nitrogens with one attached hydrogen (secondary N) is 1. The maximum atomic E-state index is 15.9. The normalized spacial score (nSPS) is 26.0. The summed E-state index contributed by atoms with van der Waals surface area (Å²) < 4.78 is 71.5. The van der Waals surface area contributed by atoms with Gasteiger partial charge in [0.1, 0.15) is 29.7 Å². The Morgan fingerprint density at radius 2 is 1.79 bits per heavy atom. The quantitative estimate of drug-likeness (QED) is 0.280. The van der Waals surface area contributed by atoms with E-state index in [1.165, 1.54) is 17.0 Å². The molecule has 224 valence electrons. The third-order valence-electron chi connectivity index (χ3n) is 9.27. The third-order valence-corrected chi connectivity index (χ3v) is 9.27. The van der Waals surface area contributed by atoms with Gasteiger partial charge in [-0.3, -0.25) is 4.90 Å². The van der Waals surface area contributed by atoms with Crippen LogP contribution in [0, 0.1) is 17.0 Å². The second kappa shape index (κ2) is 12.3. The number of hydrogen-bond acceptors (Lipinski definition) is 4. The van der Waals surface area contributed by atoms with Crippen LogP contribution in [-0.2, 0) is 13.0 Å². The fourth-order valence-corrected chi connectivity index (χ4v) is 7.25. The molecule has 8 heteroatoms. The Kier molecular flexibility index (Phi) is 8.46. The van der Waals surface area contributed by atoms with Gasteiger partial charge >= 0.3 is 0 Å². The van der Waals surface area contributed by atoms with Crippen molar-refractivity contribution in [2.75, 3.05) is 19.6 Å². The number of nitrogens with zero attached hydrogens (tertiary/aromatic N) is 1. The molecular formula is C34H38F4N2O2. The zero-order valence-electron chi connectivity index (χ0n) is 23.9. The number of hydrogen-bond donors (Lipinski definition) is 1. The summed E-state index contributed by atoms with van der Waals surface area (Å²) in [4.78, 5) is 1.51. The summed E-state index contributed by atoms with van der Waals surface area (Å²) in [6.07, 6.45) is 2.65. The monoisotopic (exact) mass is 582 g/mol. The van der Waals surface area contributed by atoms with Crippen molar-refractivity contribution in [3.05, 3.63) is 94.6 Å². The first kappa shape index (κ1) is 29.0. The number of rotatable bonds is 8. The summed E-state index contributed by atoms with van der Waals surface area (Å²) in [6.45, 7) is 3.54. The second-order valence-electron chi connectivity index (χ2n) is 12.2. The largest absolute Gasteiger partial charge is 0.490 e. The lowest BCUT2D eigenvalue weighted by atomic mass is 9.72. The topological polar surface area (TPSA) is 33.7 Å². The standard InChI is InChI=1S/C34H38F4N2O2/c1-22-14-24-15-25(41-20-23-6-3-2-4-7-23)9-10-28(24)33(40(22)19-31(37)38)32-29(35)16-27(17-30(32)36)42-26-8-5-11-34(18-26)12-13-39-21-34/h2-4,6-7,9-10,15-17,22,26,31,33,39H,5,8,11-14,18-21H2,1H3/t22-,26?,33?,34?/m1/s1. The van der Waals surface area contributed by atoms with E-state index in [9.17, 15) is 8.78 Å². The van der Waals surface area contributed by atoms with Crippen LogP contribution in [-0.4, -0.2) is 43.1 Å². The summed E-state index contributed by atoms with van der Waals surface area (Å²) in [5.41, 5.74) is 2.42. The average Bonchev–Trinajstić information content (AvgIpc) is 3.40. The van der Waals surface area contributed by atoms with Crippen LogP contribution in [0.3, 0.4) is 0 Å². The Morgan fingerprint density at radius 3 is 2.50 bits per heavy atom. The molecule has 1 saturated heterocycles. The highest BCUT2D eigenvalue weighted by molar-refractivity contribution is 5.46. The number of fused-ring (bicyclic) bond motifs is 1. The molecule has 3 aromatic carbocycles. The average molecular weight is 583 g/mol. The van der Waals surface area contributed by atoms with Crippen molar-refractivity contribution in [3.8, 4) is 11.5 Å². The maximum absolute atomic E-state index is 15.9. The van der Waals surface area contributed by atoms with Gasteiger partial charge in [-0.15, -0.1) is 0 Å². The van der Waals surface area contributed by atoms with Crippen LogP contribution in [0.2, 0.25) is 0 Å². The minimum atomic E-state index is -2.65. The summed E-state index contributed by atoms with van der Waals surface area (Å²) in [5, 5.41) is 3.43. The van der Waals surface area contributed by atoms with Crippen LogP contribution in [0.5, 0.6) is 11.5 Å². The fraction of sp³-hybridized carbons (Fsp3) is 0.471. The molecule has 3 aromatic rings. The SMILES string of the molecule is C[C@@H]1Cc2cc(OCc3ccccc3)ccc2C(c2c(F)cc(OC3CCCC4(CCNC4)C3)cc2F)N1CC(F)F. The van der Waals surface area contributed by atoms with E-state index in [2.05, 4.69) is 5.32 Å². The number of halogens is 4. The predicted molar refractivity (Wildman–Crippen MR) is 154 cm³/mol. The van der Waals surface area contributed by atoms with Crippen molar-refractivity contribution in [2.45, 2.75) is 76.7 Å². The van der Waals surface area contributed by atoms with E-state index in [0.717, 1.165) is 56.3 Å². The van der Waals surface area contributed by atoms with Crippen molar-refractivity contribution in [1.29, 1.82) is 0 Å². The van der Waals surface area contributed by atoms with Gasteiger partial charge < -0.3 is 14.8 Å². The molecule has 1 N–H and O–H groups in total. The van der Waals surface area contributed by atoms with Gasteiger partial charge in [0.15, 0.2) is 0 Å². The molecule has 1 saturated carbocycles. The summed E-state index contributed by atoms with van der Waals surface area (Å²) >= 11 is 0. The van der Waals surface area contributed by atoms with Crippen LogP contribution in [0.1, 0.15) is 67.3 Å². The van der Waals surface area contributed by atoms with Crippen molar-refractivity contribution >= 4 is 0 Å². The van der Waals surface area contributed by atoms with Gasteiger partial charge in [-0.2, -0.15) is 0 Å². The van der Waals surface area contributed by atoms with E-state index in [0.29, 0.717) is 24.3 Å². The lowest BCUT2D eigenvalue weighted by molar-refractivity contribution is 0.0442. The Morgan fingerprint density at radius 1 is 1.00 bits per heavy atom. The van der Waals surface area contributed by atoms with Crippen LogP contribution < -0.4 is 14.8 Å². The van der Waals surface area contributed by atoms with Crippen LogP contribution >= 0.6 is 0 Å². The first-order valence-corrected chi connectivity index (χ1v) is 15.0. The summed E-state index contributed by atoms with van der Waals surface area (Å²) in [5.74, 6) is -0.798. The molecule has 3 unspecified atom stereocenters. The van der Waals surface area contributed by atoms with Gasteiger partial charge in [0.2, 0.25) is 0 Å². The lowest BCUT2D eigenvalue weighted by Gasteiger charge is -2.42. The van der Waals surface area contributed by atoms with Crippen molar-refractivity contribution < 1.29 is 27.0 Å². The van der Waals surface area contributed by atoms with E-state index >= 15 is 8.78 Å². The predicted octanol–water partition coefficient (Wildman–Crippen LogP) is 7.45. The minimum absolute atomic E-state index is 0.108. The number of benzene rings is 3. The van der Waals surface area contributed by atoms with E-state index < -0.39 is 30.6 Å². The molecule has 0 aromatic heterocycles. The van der Waals surface area contributed by atoms with Crippen molar-refractivity contribution in [1.82, 2.24) is 10.2 Å². The first-order valence-electron chi connectivity index (χ1n) is 15.0. The molecule has 4 nitrogen and oxygen atoms in total. The van der Waals surface area contributed by atoms with Gasteiger partial charge in [0, 0.05) is 30.3 Å². The van der Waals surface area contributed by atoms with Crippen molar-refractivity contribution in [3.63, 3.8) is 0 Å². The Hall–Kier alpha value is -3.10. The van der Waals surface area contributed by atoms with E-state index in [1.807, 2.05) is 43.3 Å². The van der Waals surface area contributed by atoms with E-state index in [1.54, 1.807) is 12.1 Å². The summed E-state index contributed by atoms with van der Waals surface area (Å²) in [6, 6.07) is 16.2. The smallest absolute Gasteiger partial charge is 0.251 e. The van der Waals surface area contributed by atoms with Gasteiger partial charge in [0.05, 0.1) is 18.7 Å². The number of ether oxygens (including phenoxy) is 2. The molecule has 0 amide bonds. The molecule has 1 spiro atoms. The minimum Gasteiger partial charge on any atom is -0.490 e.